The third-order valence-corrected chi connectivity index (χ3v) is 7.81. The minimum Gasteiger partial charge on any atom is -0.508 e. The number of nitrogens with one attached hydrogen (secondary N) is 1. The molecule has 0 atom stereocenters. The van der Waals surface area contributed by atoms with Gasteiger partial charge < -0.3 is 26.2 Å². The minimum atomic E-state index is -1.63. The number of carbonyl (C=O) groups excluding carboxylic acids is 2. The van der Waals surface area contributed by atoms with Crippen LogP contribution in [-0.2, 0) is 0 Å². The Bertz CT molecular complexity index is 1440. The Morgan fingerprint density at radius 2 is 1.69 bits per heavy atom. The molecule has 3 heterocycles. The lowest BCUT2D eigenvalue weighted by Crippen LogP contribution is -2.22. The molecule has 0 aliphatic rings. The van der Waals surface area contributed by atoms with Gasteiger partial charge >= 0.3 is 7.12 Å². The molecule has 1 aromatic carbocycles. The number of nitrogens with two attached hydrogens (primary N) is 1. The standard InChI is InChI=1S/C16H16BNO3S2.C11H8O2S.C3H8.CH5N/c1-3-12(17(20)21)9-13(4-2)18-16(19)15-6-5-14(23-15)11-7-8-22-10-11;12-7-10-4-5-11(14-10)8-2-1-3-9(13)6-8;1-3-2;1-2/h3-10,20-21H,1H2,2H3,(H,18,19);1-7,13H;3H2,1-2H3;2H2,1H3/b12-9+,13-4+;;;. The first-order valence-corrected chi connectivity index (χ1v) is 15.6. The lowest BCUT2D eigenvalue weighted by molar-refractivity contribution is 0.0970. The number of benzene rings is 1. The zero-order valence-electron chi connectivity index (χ0n) is 24.1. The first-order chi connectivity index (χ1) is 20.3. The fraction of sp³-hybridized carbons (Fsp3) is 0.161. The second kappa shape index (κ2) is 20.3. The first kappa shape index (κ1) is 36.5. The summed E-state index contributed by atoms with van der Waals surface area (Å²) in [6.45, 7) is 9.52. The topological polar surface area (TPSA) is 133 Å². The molecule has 0 aliphatic carbocycles. The third kappa shape index (κ3) is 12.1. The maximum absolute atomic E-state index is 12.3. The Balaban J connectivity index is 0.000000394. The number of carbonyl (C=O) groups is 2. The van der Waals surface area contributed by atoms with Crippen LogP contribution in [0.5, 0.6) is 5.75 Å². The van der Waals surface area contributed by atoms with Crippen LogP contribution >= 0.6 is 34.0 Å². The van der Waals surface area contributed by atoms with Gasteiger partial charge in [-0.05, 0) is 84.3 Å². The molecule has 11 heteroatoms. The number of phenolic OH excluding ortho intramolecular Hbond substituents is 1. The molecule has 0 saturated carbocycles. The summed E-state index contributed by atoms with van der Waals surface area (Å²) in [7, 11) is -0.133. The van der Waals surface area contributed by atoms with Crippen LogP contribution in [-0.4, -0.2) is 41.5 Å². The van der Waals surface area contributed by atoms with E-state index in [1.165, 1.54) is 48.3 Å². The van der Waals surface area contributed by atoms with E-state index in [1.807, 2.05) is 35.0 Å². The van der Waals surface area contributed by atoms with E-state index in [2.05, 4.69) is 31.5 Å². The van der Waals surface area contributed by atoms with Gasteiger partial charge in [0.05, 0.1) is 9.75 Å². The lowest BCUT2D eigenvalue weighted by atomic mass is 9.79. The summed E-state index contributed by atoms with van der Waals surface area (Å²) >= 11 is 4.44. The molecule has 0 aliphatic heterocycles. The van der Waals surface area contributed by atoms with Crippen molar-refractivity contribution in [3.63, 3.8) is 0 Å². The number of hydrogen-bond acceptors (Lipinski definition) is 9. The van der Waals surface area contributed by atoms with Crippen molar-refractivity contribution in [3.8, 4) is 26.6 Å². The van der Waals surface area contributed by atoms with Crippen LogP contribution in [0, 0.1) is 0 Å². The second-order valence-corrected chi connectivity index (χ2v) is 11.2. The van der Waals surface area contributed by atoms with E-state index in [9.17, 15) is 24.7 Å². The average molecular weight is 625 g/mol. The summed E-state index contributed by atoms with van der Waals surface area (Å²) in [5.74, 6) is 0.000208. The summed E-state index contributed by atoms with van der Waals surface area (Å²) in [5, 5.41) is 34.4. The van der Waals surface area contributed by atoms with Gasteiger partial charge in [-0.2, -0.15) is 11.3 Å². The molecule has 7 nitrogen and oxygen atoms in total. The predicted molar refractivity (Wildman–Crippen MR) is 180 cm³/mol. The van der Waals surface area contributed by atoms with Gasteiger partial charge in [-0.1, -0.05) is 51.1 Å². The quantitative estimate of drug-likeness (QED) is 0.0803. The van der Waals surface area contributed by atoms with Crippen molar-refractivity contribution in [2.75, 3.05) is 7.05 Å². The van der Waals surface area contributed by atoms with E-state index in [1.54, 1.807) is 54.7 Å². The number of aldehydes is 1. The highest BCUT2D eigenvalue weighted by molar-refractivity contribution is 7.18. The number of amides is 1. The normalized spacial score (nSPS) is 10.5. The molecule has 0 radical (unpaired) electrons. The third-order valence-electron chi connectivity index (χ3n) is 4.93. The number of thiophene rings is 3. The molecule has 0 bridgehead atoms. The SMILES string of the molecule is C=C/C(=C\C(=C/C)NC(=O)c1ccc(-c2ccsc2)s1)B(O)O.CCC.CN.O=Cc1ccc(-c2cccc(O)c2)s1. The van der Waals surface area contributed by atoms with Gasteiger partial charge in [-0.15, -0.1) is 22.7 Å². The summed E-state index contributed by atoms with van der Waals surface area (Å²) in [4.78, 5) is 26.1. The van der Waals surface area contributed by atoms with Crippen molar-refractivity contribution < 1.29 is 24.7 Å². The van der Waals surface area contributed by atoms with Gasteiger partial charge in [-0.25, -0.2) is 0 Å². The molecule has 0 spiro atoms. The van der Waals surface area contributed by atoms with Crippen LogP contribution in [0.3, 0.4) is 0 Å². The molecule has 3 aromatic heterocycles. The molecule has 222 valence electrons. The van der Waals surface area contributed by atoms with Crippen molar-refractivity contribution in [1.82, 2.24) is 5.32 Å². The fourth-order valence-electron chi connectivity index (χ4n) is 3.05. The Morgan fingerprint density at radius 3 is 2.21 bits per heavy atom. The molecule has 4 aromatic rings. The van der Waals surface area contributed by atoms with Crippen molar-refractivity contribution in [2.24, 2.45) is 5.73 Å². The Morgan fingerprint density at radius 1 is 1.02 bits per heavy atom. The molecule has 6 N–H and O–H groups in total. The van der Waals surface area contributed by atoms with E-state index in [-0.39, 0.29) is 17.1 Å². The van der Waals surface area contributed by atoms with Crippen LogP contribution < -0.4 is 11.1 Å². The number of phenols is 1. The number of rotatable bonds is 8. The summed E-state index contributed by atoms with van der Waals surface area (Å²) in [6.07, 6.45) is 6.57. The Kier molecular flexibility index (Phi) is 17.6. The van der Waals surface area contributed by atoms with E-state index >= 15 is 0 Å². The molecule has 0 fully saturated rings. The zero-order chi connectivity index (χ0) is 31.5. The summed E-state index contributed by atoms with van der Waals surface area (Å²) in [6, 6.07) is 16.3. The molecule has 0 unspecified atom stereocenters. The van der Waals surface area contributed by atoms with Crippen LogP contribution in [0.1, 0.15) is 46.5 Å². The van der Waals surface area contributed by atoms with E-state index in [0.29, 0.717) is 15.5 Å². The van der Waals surface area contributed by atoms with Gasteiger partial charge in [0.15, 0.2) is 6.29 Å². The molecule has 0 saturated heterocycles. The van der Waals surface area contributed by atoms with Crippen molar-refractivity contribution in [1.29, 1.82) is 0 Å². The molecule has 42 heavy (non-hydrogen) atoms. The largest absolute Gasteiger partial charge is 0.508 e. The second-order valence-electron chi connectivity index (χ2n) is 8.17. The molecule has 1 amide bonds. The first-order valence-electron chi connectivity index (χ1n) is 13.0. The monoisotopic (exact) mass is 624 g/mol. The Hall–Kier alpha value is -3.58. The number of allylic oxidation sites excluding steroid dienone is 4. The van der Waals surface area contributed by atoms with Gasteiger partial charge in [-0.3, -0.25) is 9.59 Å². The zero-order valence-corrected chi connectivity index (χ0v) is 26.6. The van der Waals surface area contributed by atoms with Gasteiger partial charge in [0.25, 0.3) is 5.91 Å². The van der Waals surface area contributed by atoms with E-state index < -0.39 is 7.12 Å². The molecular formula is C31H37BN2O5S3. The van der Waals surface area contributed by atoms with Crippen molar-refractivity contribution in [3.05, 3.63) is 111 Å². The van der Waals surface area contributed by atoms with Crippen molar-refractivity contribution >= 4 is 53.3 Å². The van der Waals surface area contributed by atoms with Gasteiger partial charge in [0.1, 0.15) is 5.75 Å². The van der Waals surface area contributed by atoms with Crippen LogP contribution in [0.4, 0.5) is 0 Å². The summed E-state index contributed by atoms with van der Waals surface area (Å²) < 4.78 is 0. The highest BCUT2D eigenvalue weighted by Crippen LogP contribution is 2.30. The van der Waals surface area contributed by atoms with Crippen LogP contribution in [0.2, 0.25) is 0 Å². The summed E-state index contributed by atoms with van der Waals surface area (Å²) in [5.41, 5.74) is 7.22. The minimum absolute atomic E-state index is 0.212. The maximum atomic E-state index is 12.3. The van der Waals surface area contributed by atoms with Crippen molar-refractivity contribution in [2.45, 2.75) is 27.2 Å². The average Bonchev–Trinajstić information content (AvgIpc) is 3.79. The maximum Gasteiger partial charge on any atom is 0.488 e. The smallest absolute Gasteiger partial charge is 0.488 e. The van der Waals surface area contributed by atoms with Crippen LogP contribution in [0.25, 0.3) is 20.9 Å². The number of hydrogen-bond donors (Lipinski definition) is 5. The van der Waals surface area contributed by atoms with E-state index in [0.717, 1.165) is 27.2 Å². The predicted octanol–water partition coefficient (Wildman–Crippen LogP) is 7.16. The van der Waals surface area contributed by atoms with E-state index in [4.69, 9.17) is 0 Å². The highest BCUT2D eigenvalue weighted by atomic mass is 32.1. The molecule has 4 rings (SSSR count). The lowest BCUT2D eigenvalue weighted by Gasteiger charge is -2.06. The van der Waals surface area contributed by atoms with Gasteiger partial charge in [0, 0.05) is 21.0 Å². The highest BCUT2D eigenvalue weighted by Gasteiger charge is 2.14. The fourth-order valence-corrected chi connectivity index (χ4v) is 5.50. The molecular weight excluding hydrogens is 587 g/mol. The van der Waals surface area contributed by atoms with Crippen LogP contribution in [0.15, 0.2) is 101 Å². The Labute approximate surface area is 260 Å². The number of aromatic hydroxyl groups is 1. The van der Waals surface area contributed by atoms with Gasteiger partial charge in [0.2, 0.25) is 0 Å².